The number of carbonyl (C=O) groups excluding carboxylic acids is 1. The number of carbonyl (C=O) groups is 1. The van der Waals surface area contributed by atoms with Gasteiger partial charge in [0.2, 0.25) is 0 Å². The van der Waals surface area contributed by atoms with Gasteiger partial charge < -0.3 is 0 Å². The molecular formula is C11H12BrClN6O. The van der Waals surface area contributed by atoms with Crippen LogP contribution >= 0.6 is 27.5 Å². The molecule has 0 unspecified atom stereocenters. The molecule has 106 valence electrons. The van der Waals surface area contributed by atoms with Crippen molar-refractivity contribution in [3.05, 3.63) is 32.8 Å². The van der Waals surface area contributed by atoms with Crippen molar-refractivity contribution in [1.29, 1.82) is 0 Å². The van der Waals surface area contributed by atoms with Crippen molar-refractivity contribution in [2.24, 2.45) is 19.2 Å². The number of hydrogen-bond donors (Lipinski definition) is 1. The number of nitrogens with zero attached hydrogens (tertiary/aromatic N) is 5. The molecule has 0 spiro atoms. The van der Waals surface area contributed by atoms with E-state index in [2.05, 4.69) is 36.7 Å². The van der Waals surface area contributed by atoms with Gasteiger partial charge in [-0.2, -0.15) is 15.3 Å². The molecule has 0 saturated carbocycles. The van der Waals surface area contributed by atoms with Gasteiger partial charge in [-0.25, -0.2) is 5.43 Å². The normalized spacial score (nSPS) is 11.2. The van der Waals surface area contributed by atoms with Crippen molar-refractivity contribution in [2.45, 2.75) is 6.92 Å². The van der Waals surface area contributed by atoms with Gasteiger partial charge in [0.1, 0.15) is 0 Å². The second-order valence-electron chi connectivity index (χ2n) is 4.07. The highest BCUT2D eigenvalue weighted by atomic mass is 79.9. The Labute approximate surface area is 128 Å². The zero-order valence-electron chi connectivity index (χ0n) is 11.1. The van der Waals surface area contributed by atoms with E-state index in [0.29, 0.717) is 15.2 Å². The van der Waals surface area contributed by atoms with E-state index >= 15 is 0 Å². The summed E-state index contributed by atoms with van der Waals surface area (Å²) in [5.41, 5.74) is 4.13. The number of aromatic nitrogens is 4. The Hall–Kier alpha value is -1.67. The van der Waals surface area contributed by atoms with E-state index in [0.717, 1.165) is 5.69 Å². The van der Waals surface area contributed by atoms with Crippen LogP contribution in [0.2, 0.25) is 5.02 Å². The first-order valence-corrected chi connectivity index (χ1v) is 6.79. The third-order valence-electron chi connectivity index (χ3n) is 2.77. The highest BCUT2D eigenvalue weighted by molar-refractivity contribution is 9.10. The maximum Gasteiger partial charge on any atom is 0.293 e. The van der Waals surface area contributed by atoms with E-state index in [-0.39, 0.29) is 5.69 Å². The second kappa shape index (κ2) is 5.76. The molecular weight excluding hydrogens is 348 g/mol. The lowest BCUT2D eigenvalue weighted by Crippen LogP contribution is -2.19. The molecule has 2 aromatic heterocycles. The molecule has 0 aliphatic carbocycles. The van der Waals surface area contributed by atoms with Crippen LogP contribution < -0.4 is 5.43 Å². The van der Waals surface area contributed by atoms with E-state index in [9.17, 15) is 4.79 Å². The van der Waals surface area contributed by atoms with Crippen LogP contribution in [0.4, 0.5) is 0 Å². The summed E-state index contributed by atoms with van der Waals surface area (Å²) in [4.78, 5) is 11.9. The topological polar surface area (TPSA) is 77.1 Å². The number of hydrogen-bond acceptors (Lipinski definition) is 4. The first-order chi connectivity index (χ1) is 9.41. The Kier molecular flexibility index (Phi) is 4.24. The van der Waals surface area contributed by atoms with Crippen LogP contribution in [0.15, 0.2) is 15.8 Å². The van der Waals surface area contributed by atoms with Gasteiger partial charge >= 0.3 is 0 Å². The number of halogens is 2. The number of nitrogens with one attached hydrogen (secondary N) is 1. The number of rotatable bonds is 3. The molecule has 2 aromatic rings. The van der Waals surface area contributed by atoms with E-state index in [1.54, 1.807) is 23.5 Å². The molecule has 0 fully saturated rings. The molecule has 0 aliphatic heterocycles. The summed E-state index contributed by atoms with van der Waals surface area (Å²) < 4.78 is 3.81. The van der Waals surface area contributed by atoms with Crippen LogP contribution in [-0.2, 0) is 14.1 Å². The number of amides is 1. The number of hydrazone groups is 1. The van der Waals surface area contributed by atoms with Gasteiger partial charge in [0.05, 0.1) is 33.3 Å². The Morgan fingerprint density at radius 1 is 1.50 bits per heavy atom. The minimum absolute atomic E-state index is 0.276. The number of aryl methyl sites for hydroxylation is 2. The fraction of sp³-hybridized carbons (Fsp3) is 0.273. The lowest BCUT2D eigenvalue weighted by atomic mass is 10.3. The van der Waals surface area contributed by atoms with E-state index in [1.807, 2.05) is 6.92 Å². The Morgan fingerprint density at radius 3 is 2.70 bits per heavy atom. The van der Waals surface area contributed by atoms with Gasteiger partial charge in [-0.05, 0) is 22.9 Å². The molecule has 0 radical (unpaired) electrons. The molecule has 9 heteroatoms. The van der Waals surface area contributed by atoms with E-state index in [1.165, 1.54) is 12.4 Å². The summed E-state index contributed by atoms with van der Waals surface area (Å²) in [7, 11) is 3.49. The Balaban J connectivity index is 2.11. The van der Waals surface area contributed by atoms with Crippen LogP contribution in [0.1, 0.15) is 21.9 Å². The van der Waals surface area contributed by atoms with Crippen LogP contribution in [0.5, 0.6) is 0 Å². The largest absolute Gasteiger partial charge is 0.293 e. The Bertz CT molecular complexity index is 670. The summed E-state index contributed by atoms with van der Waals surface area (Å²) in [5, 5.41) is 12.4. The maximum atomic E-state index is 11.9. The van der Waals surface area contributed by atoms with Crippen LogP contribution in [-0.4, -0.2) is 31.7 Å². The summed E-state index contributed by atoms with van der Waals surface area (Å²) in [6.45, 7) is 1.85. The van der Waals surface area contributed by atoms with Crippen LogP contribution in [0.25, 0.3) is 0 Å². The lowest BCUT2D eigenvalue weighted by Gasteiger charge is -1.97. The molecule has 0 aliphatic rings. The van der Waals surface area contributed by atoms with Gasteiger partial charge in [0.15, 0.2) is 5.69 Å². The zero-order chi connectivity index (χ0) is 14.9. The first kappa shape index (κ1) is 14.7. The van der Waals surface area contributed by atoms with Crippen molar-refractivity contribution < 1.29 is 4.79 Å². The van der Waals surface area contributed by atoms with Crippen molar-refractivity contribution >= 4 is 39.7 Å². The fourth-order valence-corrected chi connectivity index (χ4v) is 2.23. The highest BCUT2D eigenvalue weighted by Crippen LogP contribution is 2.19. The zero-order valence-corrected chi connectivity index (χ0v) is 13.4. The van der Waals surface area contributed by atoms with Gasteiger partial charge in [-0.15, -0.1) is 0 Å². The third kappa shape index (κ3) is 2.75. The predicted octanol–water partition coefficient (Wildman–Crippen LogP) is 1.64. The Morgan fingerprint density at radius 2 is 2.20 bits per heavy atom. The van der Waals surface area contributed by atoms with Crippen molar-refractivity contribution in [2.75, 3.05) is 0 Å². The van der Waals surface area contributed by atoms with Gasteiger partial charge in [-0.1, -0.05) is 11.6 Å². The highest BCUT2D eigenvalue weighted by Gasteiger charge is 2.17. The second-order valence-corrected chi connectivity index (χ2v) is 5.27. The molecule has 1 N–H and O–H groups in total. The van der Waals surface area contributed by atoms with Crippen molar-refractivity contribution in [3.8, 4) is 0 Å². The van der Waals surface area contributed by atoms with E-state index in [4.69, 9.17) is 11.6 Å². The molecule has 0 aromatic carbocycles. The van der Waals surface area contributed by atoms with Crippen molar-refractivity contribution in [1.82, 2.24) is 25.0 Å². The molecule has 0 atom stereocenters. The van der Waals surface area contributed by atoms with Gasteiger partial charge in [0.25, 0.3) is 5.91 Å². The third-order valence-corrected chi connectivity index (χ3v) is 4.01. The predicted molar refractivity (Wildman–Crippen MR) is 78.9 cm³/mol. The maximum absolute atomic E-state index is 11.9. The first-order valence-electron chi connectivity index (χ1n) is 5.61. The van der Waals surface area contributed by atoms with Gasteiger partial charge in [-0.3, -0.25) is 14.2 Å². The standard InChI is InChI=1S/C11H12BrClN6O/c1-6-9(12)10(17-18(6)2)11(20)16-14-5-8-7(13)4-15-19(8)3/h4-5H,1-3H3,(H,16,20)/b14-5+. The SMILES string of the molecule is Cc1c(Br)c(C(=O)N/N=C/c2c(Cl)cnn2C)nn1C. The quantitative estimate of drug-likeness (QED) is 0.668. The minimum atomic E-state index is -0.407. The molecule has 0 bridgehead atoms. The molecule has 7 nitrogen and oxygen atoms in total. The average molecular weight is 360 g/mol. The van der Waals surface area contributed by atoms with Crippen LogP contribution in [0, 0.1) is 6.92 Å². The van der Waals surface area contributed by atoms with E-state index < -0.39 is 5.91 Å². The fourth-order valence-electron chi connectivity index (χ4n) is 1.50. The smallest absolute Gasteiger partial charge is 0.271 e. The van der Waals surface area contributed by atoms with Crippen LogP contribution in [0.3, 0.4) is 0 Å². The summed E-state index contributed by atoms with van der Waals surface area (Å²) >= 11 is 9.24. The monoisotopic (exact) mass is 358 g/mol. The minimum Gasteiger partial charge on any atom is -0.271 e. The summed E-state index contributed by atoms with van der Waals surface area (Å²) in [6.07, 6.45) is 2.93. The average Bonchev–Trinajstić information content (AvgIpc) is 2.86. The molecule has 2 heterocycles. The molecule has 0 saturated heterocycles. The van der Waals surface area contributed by atoms with Crippen molar-refractivity contribution in [3.63, 3.8) is 0 Å². The molecule has 2 rings (SSSR count). The summed E-state index contributed by atoms with van der Waals surface area (Å²) in [5.74, 6) is -0.407. The molecule has 20 heavy (non-hydrogen) atoms. The lowest BCUT2D eigenvalue weighted by molar-refractivity contribution is 0.0948. The summed E-state index contributed by atoms with van der Waals surface area (Å²) in [6, 6.07) is 0. The van der Waals surface area contributed by atoms with Gasteiger partial charge in [0, 0.05) is 14.1 Å². The molecule has 1 amide bonds.